The molecule has 0 N–H and O–H groups in total. The van der Waals surface area contributed by atoms with Gasteiger partial charge in [0.15, 0.2) is 4.80 Å². The van der Waals surface area contributed by atoms with Crippen LogP contribution in [0.4, 0.5) is 0 Å². The fourth-order valence-corrected chi connectivity index (χ4v) is 4.38. The van der Waals surface area contributed by atoms with Crippen molar-refractivity contribution in [3.05, 3.63) is 76.6 Å². The van der Waals surface area contributed by atoms with Gasteiger partial charge in [-0.2, -0.15) is 4.99 Å². The van der Waals surface area contributed by atoms with Gasteiger partial charge in [-0.25, -0.2) is 0 Å². The van der Waals surface area contributed by atoms with Gasteiger partial charge in [0.1, 0.15) is 0 Å². The van der Waals surface area contributed by atoms with Crippen LogP contribution in [0.5, 0.6) is 0 Å². The van der Waals surface area contributed by atoms with Crippen molar-refractivity contribution in [1.29, 1.82) is 0 Å². The minimum Gasteiger partial charge on any atom is -0.317 e. The second-order valence-electron chi connectivity index (χ2n) is 6.00. The highest BCUT2D eigenvalue weighted by atomic mass is 32.1. The maximum atomic E-state index is 12.7. The summed E-state index contributed by atoms with van der Waals surface area (Å²) >= 11 is 1.58. The number of aromatic nitrogens is 1. The summed E-state index contributed by atoms with van der Waals surface area (Å²) < 4.78 is 3.29. The predicted octanol–water partition coefficient (Wildman–Crippen LogP) is 4.93. The zero-order valence-corrected chi connectivity index (χ0v) is 15.0. The number of carbonyl (C=O) groups is 1. The molecule has 1 heterocycles. The van der Waals surface area contributed by atoms with Crippen LogP contribution >= 0.6 is 11.3 Å². The number of aryl methyl sites for hydroxylation is 2. The van der Waals surface area contributed by atoms with Crippen molar-refractivity contribution in [2.45, 2.75) is 20.4 Å². The van der Waals surface area contributed by atoms with Crippen molar-refractivity contribution in [3.63, 3.8) is 0 Å². The Morgan fingerprint density at radius 2 is 1.80 bits per heavy atom. The maximum absolute atomic E-state index is 12.7. The molecule has 124 valence electrons. The Labute approximate surface area is 149 Å². The average molecular weight is 346 g/mol. The highest BCUT2D eigenvalue weighted by molar-refractivity contribution is 7.17. The van der Waals surface area contributed by atoms with Crippen LogP contribution in [0, 0.1) is 6.92 Å². The highest BCUT2D eigenvalue weighted by Crippen LogP contribution is 2.27. The molecule has 0 radical (unpaired) electrons. The van der Waals surface area contributed by atoms with Gasteiger partial charge in [0.05, 0.1) is 10.2 Å². The molecule has 0 fully saturated rings. The van der Waals surface area contributed by atoms with Gasteiger partial charge in [-0.3, -0.25) is 4.79 Å². The summed E-state index contributed by atoms with van der Waals surface area (Å²) in [4.78, 5) is 17.9. The number of nitrogens with zero attached hydrogens (tertiary/aromatic N) is 2. The zero-order chi connectivity index (χ0) is 17.4. The first-order chi connectivity index (χ1) is 12.2. The molecule has 0 bridgehead atoms. The Morgan fingerprint density at radius 3 is 2.60 bits per heavy atom. The van der Waals surface area contributed by atoms with Crippen LogP contribution in [0.3, 0.4) is 0 Å². The van der Waals surface area contributed by atoms with Crippen molar-refractivity contribution in [3.8, 4) is 0 Å². The Balaban J connectivity index is 1.97. The van der Waals surface area contributed by atoms with Gasteiger partial charge in [-0.1, -0.05) is 59.9 Å². The normalized spacial score (nSPS) is 12.2. The molecule has 4 heteroatoms. The number of carbonyl (C=O) groups excluding carboxylic acids is 1. The van der Waals surface area contributed by atoms with Gasteiger partial charge in [-0.05, 0) is 36.9 Å². The number of fused-ring (bicyclic) bond motifs is 3. The first kappa shape index (κ1) is 15.8. The van der Waals surface area contributed by atoms with Crippen LogP contribution in [0.2, 0.25) is 0 Å². The molecular weight excluding hydrogens is 328 g/mol. The van der Waals surface area contributed by atoms with E-state index >= 15 is 0 Å². The van der Waals surface area contributed by atoms with Crippen LogP contribution in [-0.4, -0.2) is 10.5 Å². The van der Waals surface area contributed by atoms with Crippen LogP contribution in [0.25, 0.3) is 21.0 Å². The molecular formula is C21H18N2OS. The Morgan fingerprint density at radius 1 is 1.04 bits per heavy atom. The van der Waals surface area contributed by atoms with E-state index in [0.29, 0.717) is 5.56 Å². The zero-order valence-electron chi connectivity index (χ0n) is 14.2. The molecule has 1 aromatic heterocycles. The molecule has 0 saturated heterocycles. The van der Waals surface area contributed by atoms with Crippen LogP contribution in [-0.2, 0) is 6.54 Å². The van der Waals surface area contributed by atoms with Gasteiger partial charge in [-0.15, -0.1) is 0 Å². The largest absolute Gasteiger partial charge is 0.317 e. The van der Waals surface area contributed by atoms with Crippen molar-refractivity contribution in [2.24, 2.45) is 4.99 Å². The lowest BCUT2D eigenvalue weighted by Gasteiger charge is -2.03. The molecule has 0 aliphatic carbocycles. The Hall–Kier alpha value is -2.72. The molecule has 3 aromatic carbocycles. The number of amides is 1. The standard InChI is InChI=1S/C21H18N2OS/c1-3-23-18-13-12-15-9-5-7-11-17(15)19(18)25-21(23)22-20(24)16-10-6-4-8-14(16)2/h4-13H,3H2,1-2H3. The molecule has 25 heavy (non-hydrogen) atoms. The molecule has 0 unspecified atom stereocenters. The van der Waals surface area contributed by atoms with Crippen LogP contribution < -0.4 is 4.80 Å². The molecule has 4 rings (SSSR count). The third-order valence-electron chi connectivity index (χ3n) is 4.46. The Bertz CT molecular complexity index is 1170. The number of thiazole rings is 1. The SMILES string of the molecule is CCn1c(=NC(=O)c2ccccc2C)sc2c3ccccc3ccc21. The molecule has 3 nitrogen and oxygen atoms in total. The first-order valence-corrected chi connectivity index (χ1v) is 9.16. The van der Waals surface area contributed by atoms with Crippen molar-refractivity contribution in [2.75, 3.05) is 0 Å². The molecule has 0 spiro atoms. The molecule has 4 aromatic rings. The number of rotatable bonds is 2. The molecule has 1 amide bonds. The number of hydrogen-bond donors (Lipinski definition) is 0. The van der Waals surface area contributed by atoms with Crippen molar-refractivity contribution < 1.29 is 4.79 Å². The summed E-state index contributed by atoms with van der Waals surface area (Å²) in [6, 6.07) is 20.2. The Kier molecular flexibility index (Phi) is 3.98. The van der Waals surface area contributed by atoms with E-state index in [1.165, 1.54) is 15.5 Å². The van der Waals surface area contributed by atoms with E-state index in [9.17, 15) is 4.79 Å². The fourth-order valence-electron chi connectivity index (χ4n) is 3.15. The van der Waals surface area contributed by atoms with E-state index in [-0.39, 0.29) is 5.91 Å². The third-order valence-corrected chi connectivity index (χ3v) is 5.59. The van der Waals surface area contributed by atoms with Gasteiger partial charge < -0.3 is 4.57 Å². The minimum absolute atomic E-state index is 0.184. The summed E-state index contributed by atoms with van der Waals surface area (Å²) in [5.41, 5.74) is 2.74. The van der Waals surface area contributed by atoms with E-state index < -0.39 is 0 Å². The van der Waals surface area contributed by atoms with Gasteiger partial charge >= 0.3 is 0 Å². The van der Waals surface area contributed by atoms with E-state index in [0.717, 1.165) is 22.4 Å². The summed E-state index contributed by atoms with van der Waals surface area (Å²) in [5, 5.41) is 2.41. The summed E-state index contributed by atoms with van der Waals surface area (Å²) in [6.07, 6.45) is 0. The van der Waals surface area contributed by atoms with E-state index in [1.54, 1.807) is 11.3 Å². The van der Waals surface area contributed by atoms with Crippen LogP contribution in [0.15, 0.2) is 65.7 Å². The molecule has 0 atom stereocenters. The van der Waals surface area contributed by atoms with E-state index in [1.807, 2.05) is 43.3 Å². The molecule has 0 aliphatic heterocycles. The smallest absolute Gasteiger partial charge is 0.279 e. The number of benzene rings is 3. The van der Waals surface area contributed by atoms with Crippen LogP contribution in [0.1, 0.15) is 22.8 Å². The summed E-state index contributed by atoms with van der Waals surface area (Å²) in [5.74, 6) is -0.184. The predicted molar refractivity (Wildman–Crippen MR) is 104 cm³/mol. The summed E-state index contributed by atoms with van der Waals surface area (Å²) in [7, 11) is 0. The molecule has 0 saturated carbocycles. The lowest BCUT2D eigenvalue weighted by Crippen LogP contribution is -2.16. The maximum Gasteiger partial charge on any atom is 0.279 e. The quantitative estimate of drug-likeness (QED) is 0.507. The first-order valence-electron chi connectivity index (χ1n) is 8.35. The number of hydrogen-bond acceptors (Lipinski definition) is 2. The van der Waals surface area contributed by atoms with Gasteiger partial charge in [0.2, 0.25) is 0 Å². The average Bonchev–Trinajstić information content (AvgIpc) is 2.99. The molecule has 0 aliphatic rings. The second-order valence-corrected chi connectivity index (χ2v) is 6.97. The minimum atomic E-state index is -0.184. The third kappa shape index (κ3) is 2.68. The van der Waals surface area contributed by atoms with Crippen molar-refractivity contribution in [1.82, 2.24) is 4.57 Å². The van der Waals surface area contributed by atoms with Crippen molar-refractivity contribution >= 4 is 38.2 Å². The summed E-state index contributed by atoms with van der Waals surface area (Å²) in [6.45, 7) is 4.80. The highest BCUT2D eigenvalue weighted by Gasteiger charge is 2.11. The monoisotopic (exact) mass is 346 g/mol. The lowest BCUT2D eigenvalue weighted by molar-refractivity contribution is 0.0997. The van der Waals surface area contributed by atoms with E-state index in [4.69, 9.17) is 0 Å². The van der Waals surface area contributed by atoms with E-state index in [2.05, 4.69) is 40.7 Å². The fraction of sp³-hybridized carbons (Fsp3) is 0.143. The second kappa shape index (κ2) is 6.30. The topological polar surface area (TPSA) is 34.4 Å². The van der Waals surface area contributed by atoms with Gasteiger partial charge in [0, 0.05) is 17.5 Å². The van der Waals surface area contributed by atoms with Gasteiger partial charge in [0.25, 0.3) is 5.91 Å². The lowest BCUT2D eigenvalue weighted by atomic mass is 10.1.